The molecule has 0 saturated carbocycles. The lowest BCUT2D eigenvalue weighted by Crippen LogP contribution is -2.51. The molecule has 0 heterocycles. The molecule has 2 rings (SSSR count). The molecule has 0 spiro atoms. The lowest BCUT2D eigenvalue weighted by atomic mass is 10.1. The molecule has 1 atom stereocenters. The van der Waals surface area contributed by atoms with E-state index in [1.165, 1.54) is 23.1 Å². The topological polar surface area (TPSA) is 86.8 Å². The Morgan fingerprint density at radius 2 is 1.85 bits per heavy atom. The number of benzene rings is 2. The van der Waals surface area contributed by atoms with E-state index < -0.39 is 28.5 Å². The molecule has 0 aliphatic heterocycles. The number of anilines is 1. The van der Waals surface area contributed by atoms with Crippen LogP contribution in [0, 0.1) is 0 Å². The molecule has 0 aromatic heterocycles. The van der Waals surface area contributed by atoms with Gasteiger partial charge in [-0.05, 0) is 49.2 Å². The van der Waals surface area contributed by atoms with Crippen molar-refractivity contribution in [1.82, 2.24) is 10.2 Å². The van der Waals surface area contributed by atoms with E-state index in [0.717, 1.165) is 33.4 Å². The van der Waals surface area contributed by atoms with Gasteiger partial charge in [0, 0.05) is 22.6 Å². The second kappa shape index (κ2) is 12.8. The first-order valence-electron chi connectivity index (χ1n) is 10.7. The summed E-state index contributed by atoms with van der Waals surface area (Å²) in [5, 5.41) is 3.24. The highest BCUT2D eigenvalue weighted by Crippen LogP contribution is 2.31. The van der Waals surface area contributed by atoms with Crippen molar-refractivity contribution in [3.05, 3.63) is 62.5 Å². The Morgan fingerprint density at radius 3 is 2.47 bits per heavy atom. The van der Waals surface area contributed by atoms with Crippen molar-refractivity contribution in [2.24, 2.45) is 0 Å². The first kappa shape index (κ1) is 28.4. The Bertz CT molecular complexity index is 1130. The van der Waals surface area contributed by atoms with Crippen LogP contribution in [0.3, 0.4) is 0 Å². The van der Waals surface area contributed by atoms with Crippen LogP contribution in [0.5, 0.6) is 0 Å². The van der Waals surface area contributed by atoms with Gasteiger partial charge < -0.3 is 10.2 Å². The normalized spacial score (nSPS) is 12.2. The van der Waals surface area contributed by atoms with Crippen molar-refractivity contribution in [2.45, 2.75) is 39.3 Å². The molecule has 11 heteroatoms. The highest BCUT2D eigenvalue weighted by molar-refractivity contribution is 9.10. The minimum Gasteiger partial charge on any atom is -0.354 e. The van der Waals surface area contributed by atoms with Crippen LogP contribution in [-0.4, -0.2) is 50.5 Å². The van der Waals surface area contributed by atoms with Crippen LogP contribution < -0.4 is 9.62 Å². The molecule has 1 N–H and O–H groups in total. The average molecular weight is 593 g/mol. The van der Waals surface area contributed by atoms with Crippen LogP contribution >= 0.6 is 39.1 Å². The summed E-state index contributed by atoms with van der Waals surface area (Å²) in [5.41, 5.74) is 0.870. The predicted molar refractivity (Wildman–Crippen MR) is 141 cm³/mol. The first-order chi connectivity index (χ1) is 15.9. The molecule has 34 heavy (non-hydrogen) atoms. The smallest absolute Gasteiger partial charge is 0.244 e. The Hall–Kier alpha value is -1.81. The molecule has 0 aliphatic carbocycles. The van der Waals surface area contributed by atoms with E-state index >= 15 is 0 Å². The van der Waals surface area contributed by atoms with Gasteiger partial charge in [-0.15, -0.1) is 0 Å². The molecule has 0 saturated heterocycles. The molecular weight excluding hydrogens is 565 g/mol. The number of rotatable bonds is 11. The fourth-order valence-electron chi connectivity index (χ4n) is 3.22. The van der Waals surface area contributed by atoms with Crippen LogP contribution in [-0.2, 0) is 26.2 Å². The minimum absolute atomic E-state index is 0.0903. The number of nitrogens with one attached hydrogen (secondary N) is 1. The third kappa shape index (κ3) is 8.15. The van der Waals surface area contributed by atoms with Gasteiger partial charge in [0.05, 0.1) is 17.0 Å². The van der Waals surface area contributed by atoms with Gasteiger partial charge in [-0.3, -0.25) is 13.9 Å². The SMILES string of the molecule is CCCCNC(=O)C(C)N(Cc1cccc(Br)c1)C(=O)CN(c1cc(Cl)ccc1Cl)S(C)(=O)=O. The largest absolute Gasteiger partial charge is 0.354 e. The number of halogens is 3. The fourth-order valence-corrected chi connectivity index (χ4v) is 4.96. The summed E-state index contributed by atoms with van der Waals surface area (Å²) in [6.07, 6.45) is 2.71. The monoisotopic (exact) mass is 591 g/mol. The summed E-state index contributed by atoms with van der Waals surface area (Å²) < 4.78 is 26.9. The van der Waals surface area contributed by atoms with Crippen molar-refractivity contribution >= 4 is 66.7 Å². The van der Waals surface area contributed by atoms with Gasteiger partial charge in [0.1, 0.15) is 12.6 Å². The average Bonchev–Trinajstić information content (AvgIpc) is 2.76. The summed E-state index contributed by atoms with van der Waals surface area (Å²) in [6.45, 7) is 3.70. The number of carbonyl (C=O) groups is 2. The maximum absolute atomic E-state index is 13.5. The summed E-state index contributed by atoms with van der Waals surface area (Å²) >= 11 is 15.7. The van der Waals surface area contributed by atoms with E-state index in [9.17, 15) is 18.0 Å². The standard InChI is InChI=1S/C23H28BrCl2N3O4S/c1-4-5-11-27-23(31)16(2)28(14-17-7-6-8-18(24)12-17)22(30)15-29(34(3,32)33)21-13-19(25)9-10-20(21)26/h6-10,12-13,16H,4-5,11,14-15H2,1-3H3,(H,27,31). The first-order valence-corrected chi connectivity index (χ1v) is 14.1. The van der Waals surface area contributed by atoms with Crippen LogP contribution in [0.25, 0.3) is 0 Å². The Morgan fingerprint density at radius 1 is 1.15 bits per heavy atom. The molecule has 0 bridgehead atoms. The molecule has 7 nitrogen and oxygen atoms in total. The Balaban J connectivity index is 2.39. The Kier molecular flexibility index (Phi) is 10.7. The van der Waals surface area contributed by atoms with Crippen molar-refractivity contribution in [2.75, 3.05) is 23.7 Å². The van der Waals surface area contributed by atoms with E-state index in [0.29, 0.717) is 6.54 Å². The quantitative estimate of drug-likeness (QED) is 0.378. The van der Waals surface area contributed by atoms with E-state index in [2.05, 4.69) is 21.2 Å². The zero-order valence-corrected chi connectivity index (χ0v) is 23.1. The molecule has 186 valence electrons. The second-order valence-corrected chi connectivity index (χ2v) is 11.5. The molecule has 2 aromatic rings. The van der Waals surface area contributed by atoms with E-state index in [1.54, 1.807) is 6.92 Å². The number of amides is 2. The Labute approximate surface area is 219 Å². The van der Waals surface area contributed by atoms with Crippen LogP contribution in [0.4, 0.5) is 5.69 Å². The molecule has 2 amide bonds. The number of unbranched alkanes of at least 4 members (excludes halogenated alkanes) is 1. The lowest BCUT2D eigenvalue weighted by molar-refractivity contribution is -0.139. The third-order valence-corrected chi connectivity index (χ3v) is 7.27. The maximum atomic E-state index is 13.5. The van der Waals surface area contributed by atoms with Crippen LogP contribution in [0.2, 0.25) is 10.0 Å². The third-order valence-electron chi connectivity index (χ3n) is 5.09. The van der Waals surface area contributed by atoms with Gasteiger partial charge in [-0.25, -0.2) is 8.42 Å². The molecule has 2 aromatic carbocycles. The van der Waals surface area contributed by atoms with Gasteiger partial charge in [0.25, 0.3) is 0 Å². The van der Waals surface area contributed by atoms with Crippen LogP contribution in [0.1, 0.15) is 32.3 Å². The fraction of sp³-hybridized carbons (Fsp3) is 0.391. The maximum Gasteiger partial charge on any atom is 0.244 e. The van der Waals surface area contributed by atoms with Gasteiger partial charge in [-0.2, -0.15) is 0 Å². The summed E-state index contributed by atoms with van der Waals surface area (Å²) in [6, 6.07) is 10.9. The number of nitrogens with zero attached hydrogens (tertiary/aromatic N) is 2. The zero-order valence-electron chi connectivity index (χ0n) is 19.2. The van der Waals surface area contributed by atoms with Crippen molar-refractivity contribution < 1.29 is 18.0 Å². The highest BCUT2D eigenvalue weighted by Gasteiger charge is 2.30. The predicted octanol–water partition coefficient (Wildman–Crippen LogP) is 4.86. The number of carbonyl (C=O) groups excluding carboxylic acids is 2. The molecule has 0 aliphatic rings. The van der Waals surface area contributed by atoms with Gasteiger partial charge >= 0.3 is 0 Å². The number of hydrogen-bond acceptors (Lipinski definition) is 4. The summed E-state index contributed by atoms with van der Waals surface area (Å²) in [7, 11) is -3.89. The molecule has 0 fully saturated rings. The van der Waals surface area contributed by atoms with E-state index in [1.807, 2.05) is 31.2 Å². The van der Waals surface area contributed by atoms with Gasteiger partial charge in [0.2, 0.25) is 21.8 Å². The molecule has 0 radical (unpaired) electrons. The highest BCUT2D eigenvalue weighted by atomic mass is 79.9. The number of hydrogen-bond donors (Lipinski definition) is 1. The lowest BCUT2D eigenvalue weighted by Gasteiger charge is -2.31. The summed E-state index contributed by atoms with van der Waals surface area (Å²) in [5.74, 6) is -0.872. The van der Waals surface area contributed by atoms with Crippen molar-refractivity contribution in [3.8, 4) is 0 Å². The van der Waals surface area contributed by atoms with Crippen LogP contribution in [0.15, 0.2) is 46.9 Å². The minimum atomic E-state index is -3.89. The van der Waals surface area contributed by atoms with E-state index in [4.69, 9.17) is 23.2 Å². The van der Waals surface area contributed by atoms with E-state index in [-0.39, 0.29) is 28.2 Å². The zero-order chi connectivity index (χ0) is 25.5. The summed E-state index contributed by atoms with van der Waals surface area (Å²) in [4.78, 5) is 27.6. The molecule has 1 unspecified atom stereocenters. The van der Waals surface area contributed by atoms with Gasteiger partial charge in [-0.1, -0.05) is 64.6 Å². The molecular formula is C23H28BrCl2N3O4S. The van der Waals surface area contributed by atoms with Gasteiger partial charge in [0.15, 0.2) is 0 Å². The van der Waals surface area contributed by atoms with Crippen molar-refractivity contribution in [1.29, 1.82) is 0 Å². The number of sulfonamides is 1. The second-order valence-electron chi connectivity index (χ2n) is 7.84. The van der Waals surface area contributed by atoms with Crippen molar-refractivity contribution in [3.63, 3.8) is 0 Å².